The van der Waals surface area contributed by atoms with E-state index in [1.165, 1.54) is 5.01 Å². The monoisotopic (exact) mass is 390 g/mol. The molecule has 2 rings (SSSR count). The van der Waals surface area contributed by atoms with Gasteiger partial charge in [0.15, 0.2) is 5.96 Å². The van der Waals surface area contributed by atoms with Gasteiger partial charge in [0.2, 0.25) is 0 Å². The number of benzene rings is 1. The number of ether oxygens (including phenoxy) is 2. The zero-order chi connectivity index (χ0) is 19.5. The molecule has 0 bridgehead atoms. The zero-order valence-corrected chi connectivity index (χ0v) is 17.4. The van der Waals surface area contributed by atoms with E-state index in [4.69, 9.17) is 9.47 Å². The SMILES string of the molecule is CN=C(NCCc1csc(C(C)C)n1)Nc1cccc(OCCCOC)c1. The Morgan fingerprint density at radius 1 is 1.30 bits per heavy atom. The van der Waals surface area contributed by atoms with Crippen molar-refractivity contribution in [1.82, 2.24) is 10.3 Å². The van der Waals surface area contributed by atoms with Crippen molar-refractivity contribution in [2.45, 2.75) is 32.6 Å². The molecule has 0 atom stereocenters. The molecule has 0 saturated heterocycles. The van der Waals surface area contributed by atoms with Crippen molar-refractivity contribution in [3.8, 4) is 5.75 Å². The zero-order valence-electron chi connectivity index (χ0n) is 16.6. The van der Waals surface area contributed by atoms with Crippen LogP contribution in [0.2, 0.25) is 0 Å². The molecule has 0 saturated carbocycles. The third-order valence-corrected chi connectivity index (χ3v) is 5.01. The van der Waals surface area contributed by atoms with E-state index in [-0.39, 0.29) is 0 Å². The van der Waals surface area contributed by atoms with Gasteiger partial charge < -0.3 is 20.1 Å². The third-order valence-electron chi connectivity index (χ3n) is 3.82. The van der Waals surface area contributed by atoms with Gasteiger partial charge in [-0.3, -0.25) is 4.99 Å². The van der Waals surface area contributed by atoms with Gasteiger partial charge >= 0.3 is 0 Å². The number of hydrogen-bond donors (Lipinski definition) is 2. The van der Waals surface area contributed by atoms with Crippen LogP contribution in [0.15, 0.2) is 34.6 Å². The molecule has 0 fully saturated rings. The summed E-state index contributed by atoms with van der Waals surface area (Å²) in [6.07, 6.45) is 1.74. The minimum atomic E-state index is 0.482. The Morgan fingerprint density at radius 2 is 2.15 bits per heavy atom. The molecule has 1 aromatic carbocycles. The molecule has 0 aliphatic heterocycles. The highest BCUT2D eigenvalue weighted by Crippen LogP contribution is 2.19. The van der Waals surface area contributed by atoms with Crippen molar-refractivity contribution in [2.75, 3.05) is 39.2 Å². The van der Waals surface area contributed by atoms with Crippen LogP contribution >= 0.6 is 11.3 Å². The number of nitrogens with zero attached hydrogens (tertiary/aromatic N) is 2. The second kappa shape index (κ2) is 11.6. The van der Waals surface area contributed by atoms with Crippen LogP contribution in [-0.4, -0.2) is 44.9 Å². The van der Waals surface area contributed by atoms with E-state index >= 15 is 0 Å². The van der Waals surface area contributed by atoms with Crippen molar-refractivity contribution in [3.63, 3.8) is 0 Å². The molecule has 1 heterocycles. The highest BCUT2D eigenvalue weighted by atomic mass is 32.1. The summed E-state index contributed by atoms with van der Waals surface area (Å²) in [4.78, 5) is 8.95. The van der Waals surface area contributed by atoms with Crippen molar-refractivity contribution < 1.29 is 9.47 Å². The van der Waals surface area contributed by atoms with Crippen LogP contribution in [0.5, 0.6) is 5.75 Å². The fraction of sp³-hybridized carbons (Fsp3) is 0.500. The average Bonchev–Trinajstić information content (AvgIpc) is 3.14. The van der Waals surface area contributed by atoms with Crippen molar-refractivity contribution in [3.05, 3.63) is 40.3 Å². The number of aliphatic imine (C=N–C) groups is 1. The van der Waals surface area contributed by atoms with E-state index < -0.39 is 0 Å². The summed E-state index contributed by atoms with van der Waals surface area (Å²) in [5.41, 5.74) is 2.06. The normalized spacial score (nSPS) is 11.7. The van der Waals surface area contributed by atoms with Crippen molar-refractivity contribution in [1.29, 1.82) is 0 Å². The highest BCUT2D eigenvalue weighted by molar-refractivity contribution is 7.09. The maximum atomic E-state index is 5.74. The van der Waals surface area contributed by atoms with Gasteiger partial charge in [0, 0.05) is 63.2 Å². The van der Waals surface area contributed by atoms with E-state index in [2.05, 4.69) is 39.8 Å². The van der Waals surface area contributed by atoms with Crippen LogP contribution in [0.4, 0.5) is 5.69 Å². The molecular formula is C20H30N4O2S. The molecule has 0 radical (unpaired) electrons. The van der Waals surface area contributed by atoms with Gasteiger partial charge in [-0.25, -0.2) is 4.98 Å². The molecule has 0 aliphatic rings. The topological polar surface area (TPSA) is 67.8 Å². The lowest BCUT2D eigenvalue weighted by Crippen LogP contribution is -2.32. The molecule has 0 aliphatic carbocycles. The van der Waals surface area contributed by atoms with E-state index in [1.807, 2.05) is 24.3 Å². The number of methoxy groups -OCH3 is 1. The third kappa shape index (κ3) is 7.56. The summed E-state index contributed by atoms with van der Waals surface area (Å²) >= 11 is 1.73. The Kier molecular flexibility index (Phi) is 9.07. The predicted octanol–water partition coefficient (Wildman–Crippen LogP) is 3.91. The second-order valence-corrected chi connectivity index (χ2v) is 7.32. The van der Waals surface area contributed by atoms with E-state index in [0.29, 0.717) is 19.1 Å². The lowest BCUT2D eigenvalue weighted by molar-refractivity contribution is 0.172. The molecule has 0 unspecified atom stereocenters. The van der Waals surface area contributed by atoms with Crippen LogP contribution in [0.1, 0.15) is 36.9 Å². The molecule has 6 nitrogen and oxygen atoms in total. The largest absolute Gasteiger partial charge is 0.493 e. The lowest BCUT2D eigenvalue weighted by atomic mass is 10.2. The van der Waals surface area contributed by atoms with Gasteiger partial charge in [-0.05, 0) is 12.1 Å². The van der Waals surface area contributed by atoms with E-state index in [9.17, 15) is 0 Å². The predicted molar refractivity (Wildman–Crippen MR) is 113 cm³/mol. The smallest absolute Gasteiger partial charge is 0.195 e. The molecule has 27 heavy (non-hydrogen) atoms. The first-order valence-electron chi connectivity index (χ1n) is 9.26. The van der Waals surface area contributed by atoms with Crippen molar-refractivity contribution in [2.24, 2.45) is 4.99 Å². The first-order valence-corrected chi connectivity index (χ1v) is 10.1. The van der Waals surface area contributed by atoms with Crippen LogP contribution in [-0.2, 0) is 11.2 Å². The van der Waals surface area contributed by atoms with Crippen LogP contribution in [0.3, 0.4) is 0 Å². The number of guanidine groups is 1. The maximum Gasteiger partial charge on any atom is 0.195 e. The van der Waals surface area contributed by atoms with Crippen LogP contribution in [0.25, 0.3) is 0 Å². The summed E-state index contributed by atoms with van der Waals surface area (Å²) in [5.74, 6) is 2.04. The summed E-state index contributed by atoms with van der Waals surface area (Å²) < 4.78 is 10.8. The quantitative estimate of drug-likeness (QED) is 0.366. The molecule has 0 amide bonds. The first-order chi connectivity index (χ1) is 13.1. The summed E-state index contributed by atoms with van der Waals surface area (Å²) in [7, 11) is 3.46. The van der Waals surface area contributed by atoms with Gasteiger partial charge in [-0.1, -0.05) is 19.9 Å². The molecule has 7 heteroatoms. The first kappa shape index (κ1) is 21.2. The maximum absolute atomic E-state index is 5.74. The Bertz CT molecular complexity index is 716. The molecule has 2 N–H and O–H groups in total. The lowest BCUT2D eigenvalue weighted by Gasteiger charge is -2.13. The van der Waals surface area contributed by atoms with Gasteiger partial charge in [-0.2, -0.15) is 0 Å². The Balaban J connectivity index is 1.80. The van der Waals surface area contributed by atoms with Gasteiger partial charge in [-0.15, -0.1) is 11.3 Å². The number of aromatic nitrogens is 1. The van der Waals surface area contributed by atoms with Crippen LogP contribution < -0.4 is 15.4 Å². The van der Waals surface area contributed by atoms with Gasteiger partial charge in [0.1, 0.15) is 5.75 Å². The van der Waals surface area contributed by atoms with E-state index in [0.717, 1.165) is 42.5 Å². The minimum absolute atomic E-state index is 0.482. The Labute approximate surface area is 166 Å². The Hall–Kier alpha value is -2.12. The fourth-order valence-electron chi connectivity index (χ4n) is 2.38. The van der Waals surface area contributed by atoms with Crippen LogP contribution in [0, 0.1) is 0 Å². The Morgan fingerprint density at radius 3 is 2.85 bits per heavy atom. The molecule has 1 aromatic heterocycles. The number of nitrogens with one attached hydrogen (secondary N) is 2. The summed E-state index contributed by atoms with van der Waals surface area (Å²) in [6, 6.07) is 7.87. The van der Waals surface area contributed by atoms with Gasteiger partial charge in [0.25, 0.3) is 0 Å². The molecule has 0 spiro atoms. The number of thiazole rings is 1. The summed E-state index contributed by atoms with van der Waals surface area (Å²) in [5, 5.41) is 9.95. The molecule has 2 aromatic rings. The average molecular weight is 391 g/mol. The molecule has 148 valence electrons. The molecular weight excluding hydrogens is 360 g/mol. The minimum Gasteiger partial charge on any atom is -0.493 e. The summed E-state index contributed by atoms with van der Waals surface area (Å²) in [6.45, 7) is 6.45. The highest BCUT2D eigenvalue weighted by Gasteiger charge is 2.06. The van der Waals surface area contributed by atoms with E-state index in [1.54, 1.807) is 25.5 Å². The fourth-order valence-corrected chi connectivity index (χ4v) is 3.25. The standard InChI is InChI=1S/C20H30N4O2S/c1-15(2)19-23-17(14-27-19)9-10-22-20(21-3)24-16-7-5-8-18(13-16)26-12-6-11-25-4/h5,7-8,13-15H,6,9-12H2,1-4H3,(H2,21,22,24). The van der Waals surface area contributed by atoms with Gasteiger partial charge in [0.05, 0.1) is 17.3 Å². The number of rotatable bonds is 10. The number of hydrogen-bond acceptors (Lipinski definition) is 5. The van der Waals surface area contributed by atoms with Crippen molar-refractivity contribution >= 4 is 23.0 Å². The second-order valence-electron chi connectivity index (χ2n) is 6.43. The number of anilines is 1.